The van der Waals surface area contributed by atoms with Crippen molar-refractivity contribution in [2.24, 2.45) is 5.92 Å². The fourth-order valence-corrected chi connectivity index (χ4v) is 2.03. The summed E-state index contributed by atoms with van der Waals surface area (Å²) in [6.45, 7) is 1.14. The molecule has 0 spiro atoms. The van der Waals surface area contributed by atoms with E-state index in [1.165, 1.54) is 6.07 Å². The Morgan fingerprint density at radius 3 is 2.56 bits per heavy atom. The van der Waals surface area contributed by atoms with Crippen LogP contribution in [0.15, 0.2) is 22.7 Å². The molecule has 18 heavy (non-hydrogen) atoms. The maximum Gasteiger partial charge on any atom is 0.401 e. The molecule has 0 aliphatic rings. The molecular weight excluding hydrogens is 314 g/mol. The van der Waals surface area contributed by atoms with Crippen LogP contribution >= 0.6 is 15.9 Å². The van der Waals surface area contributed by atoms with E-state index in [4.69, 9.17) is 0 Å². The molecule has 0 radical (unpaired) electrons. The topological polar surface area (TPSA) is 12.0 Å². The molecule has 1 aromatic rings. The Morgan fingerprint density at radius 2 is 2.00 bits per heavy atom. The maximum absolute atomic E-state index is 13.0. The monoisotopic (exact) mass is 327 g/mol. The molecule has 0 aliphatic carbocycles. The Kier molecular flexibility index (Phi) is 5.59. The third-order valence-electron chi connectivity index (χ3n) is 2.39. The highest BCUT2D eigenvalue weighted by atomic mass is 79.9. The Labute approximate surface area is 112 Å². The van der Waals surface area contributed by atoms with Crippen molar-refractivity contribution in [3.63, 3.8) is 0 Å². The minimum Gasteiger partial charge on any atom is -0.308 e. The molecule has 0 aliphatic heterocycles. The van der Waals surface area contributed by atoms with Crippen molar-refractivity contribution in [2.45, 2.75) is 19.5 Å². The minimum absolute atomic E-state index is 0.0460. The van der Waals surface area contributed by atoms with E-state index in [2.05, 4.69) is 21.2 Å². The van der Waals surface area contributed by atoms with E-state index in [0.29, 0.717) is 10.9 Å². The highest BCUT2D eigenvalue weighted by molar-refractivity contribution is 9.10. The molecule has 0 fully saturated rings. The summed E-state index contributed by atoms with van der Waals surface area (Å²) in [5.74, 6) is -0.300. The van der Waals surface area contributed by atoms with E-state index < -0.39 is 12.7 Å². The van der Waals surface area contributed by atoms with E-state index in [0.717, 1.165) is 5.56 Å². The predicted molar refractivity (Wildman–Crippen MR) is 65.9 cm³/mol. The molecule has 1 N–H and O–H groups in total. The average Bonchev–Trinajstić information content (AvgIpc) is 2.21. The van der Waals surface area contributed by atoms with Gasteiger partial charge in [0.1, 0.15) is 5.82 Å². The summed E-state index contributed by atoms with van der Waals surface area (Å²) >= 11 is 3.08. The van der Waals surface area contributed by atoms with Crippen LogP contribution in [-0.2, 0) is 6.42 Å². The lowest BCUT2D eigenvalue weighted by molar-refractivity contribution is -0.125. The van der Waals surface area contributed by atoms with Crippen LogP contribution in [0.2, 0.25) is 0 Å². The zero-order valence-electron chi connectivity index (χ0n) is 9.82. The molecule has 0 bridgehead atoms. The minimum atomic E-state index is -4.18. The fourth-order valence-electron chi connectivity index (χ4n) is 1.60. The summed E-state index contributed by atoms with van der Waals surface area (Å²) in [4.78, 5) is 0. The van der Waals surface area contributed by atoms with Crippen molar-refractivity contribution < 1.29 is 17.6 Å². The lowest BCUT2D eigenvalue weighted by Gasteiger charge is -2.14. The number of alkyl halides is 3. The third-order valence-corrected chi connectivity index (χ3v) is 2.99. The van der Waals surface area contributed by atoms with Crippen LogP contribution in [-0.4, -0.2) is 19.3 Å². The van der Waals surface area contributed by atoms with Crippen LogP contribution in [0.5, 0.6) is 0 Å². The van der Waals surface area contributed by atoms with Gasteiger partial charge in [0.2, 0.25) is 0 Å². The highest BCUT2D eigenvalue weighted by Gasteiger charge is 2.26. The Morgan fingerprint density at radius 1 is 1.33 bits per heavy atom. The first-order valence-corrected chi connectivity index (χ1v) is 6.28. The van der Waals surface area contributed by atoms with E-state index in [1.54, 1.807) is 12.1 Å². The molecule has 1 unspecified atom stereocenters. The lowest BCUT2D eigenvalue weighted by atomic mass is 10.0. The van der Waals surface area contributed by atoms with Crippen molar-refractivity contribution >= 4 is 15.9 Å². The average molecular weight is 328 g/mol. The second-order valence-corrected chi connectivity index (χ2v) is 5.16. The van der Waals surface area contributed by atoms with Gasteiger partial charge in [-0.25, -0.2) is 4.39 Å². The first-order valence-electron chi connectivity index (χ1n) is 5.49. The van der Waals surface area contributed by atoms with Crippen molar-refractivity contribution in [3.8, 4) is 0 Å². The normalized spacial score (nSPS) is 13.7. The van der Waals surface area contributed by atoms with Gasteiger partial charge in [-0.2, -0.15) is 13.2 Å². The molecule has 1 aromatic carbocycles. The van der Waals surface area contributed by atoms with Crippen molar-refractivity contribution in [1.82, 2.24) is 5.32 Å². The molecule has 1 nitrogen and oxygen atoms in total. The third kappa shape index (κ3) is 5.82. The summed E-state index contributed by atoms with van der Waals surface area (Å²) in [5.41, 5.74) is 0.893. The standard InChI is InChI=1S/C12H14BrF4N/c1-8(6-18-7-12(15,16)17)4-9-2-3-11(14)10(13)5-9/h2-3,5,8,18H,4,6-7H2,1H3. The van der Waals surface area contributed by atoms with Gasteiger partial charge in [-0.1, -0.05) is 13.0 Å². The molecular formula is C12H14BrF4N. The van der Waals surface area contributed by atoms with E-state index in [1.807, 2.05) is 6.92 Å². The van der Waals surface area contributed by atoms with Gasteiger partial charge in [0.15, 0.2) is 0 Å². The molecule has 6 heteroatoms. The number of hydrogen-bond donors (Lipinski definition) is 1. The quantitative estimate of drug-likeness (QED) is 0.808. The van der Waals surface area contributed by atoms with Crippen LogP contribution < -0.4 is 5.32 Å². The van der Waals surface area contributed by atoms with Crippen molar-refractivity contribution in [1.29, 1.82) is 0 Å². The molecule has 0 saturated carbocycles. The maximum atomic E-state index is 13.0. The van der Waals surface area contributed by atoms with Gasteiger partial charge in [0, 0.05) is 0 Å². The summed E-state index contributed by atoms with van der Waals surface area (Å²) in [6, 6.07) is 4.63. The Balaban J connectivity index is 2.40. The molecule has 102 valence electrons. The molecule has 0 saturated heterocycles. The fraction of sp³-hybridized carbons (Fsp3) is 0.500. The summed E-state index contributed by atoms with van der Waals surface area (Å²) in [6.07, 6.45) is -3.58. The van der Waals surface area contributed by atoms with Gasteiger partial charge in [0.05, 0.1) is 11.0 Å². The SMILES string of the molecule is CC(CNCC(F)(F)F)Cc1ccc(F)c(Br)c1. The number of halogens is 5. The van der Waals surface area contributed by atoms with Crippen LogP contribution in [0, 0.1) is 11.7 Å². The molecule has 1 atom stereocenters. The van der Waals surface area contributed by atoms with Gasteiger partial charge in [-0.3, -0.25) is 0 Å². The zero-order valence-corrected chi connectivity index (χ0v) is 11.4. The zero-order chi connectivity index (χ0) is 13.8. The smallest absolute Gasteiger partial charge is 0.308 e. The van der Waals surface area contributed by atoms with Gasteiger partial charge >= 0.3 is 6.18 Å². The van der Waals surface area contributed by atoms with E-state index in [9.17, 15) is 17.6 Å². The summed E-state index contributed by atoms with van der Waals surface area (Å²) < 4.78 is 49.1. The van der Waals surface area contributed by atoms with Crippen LogP contribution in [0.3, 0.4) is 0 Å². The molecule has 0 heterocycles. The first kappa shape index (κ1) is 15.4. The number of hydrogen-bond acceptors (Lipinski definition) is 1. The van der Waals surface area contributed by atoms with E-state index in [-0.39, 0.29) is 18.3 Å². The van der Waals surface area contributed by atoms with Crippen LogP contribution in [0.25, 0.3) is 0 Å². The van der Waals surface area contributed by atoms with Gasteiger partial charge in [-0.05, 0) is 52.5 Å². The Hall–Kier alpha value is -0.620. The largest absolute Gasteiger partial charge is 0.401 e. The second-order valence-electron chi connectivity index (χ2n) is 4.30. The highest BCUT2D eigenvalue weighted by Crippen LogP contribution is 2.19. The van der Waals surface area contributed by atoms with E-state index >= 15 is 0 Å². The summed E-state index contributed by atoms with van der Waals surface area (Å²) in [7, 11) is 0. The number of rotatable bonds is 5. The van der Waals surface area contributed by atoms with Gasteiger partial charge in [0.25, 0.3) is 0 Å². The molecule has 0 aromatic heterocycles. The van der Waals surface area contributed by atoms with Crippen LogP contribution in [0.4, 0.5) is 17.6 Å². The predicted octanol–water partition coefficient (Wildman–Crippen LogP) is 3.92. The van der Waals surface area contributed by atoms with Crippen molar-refractivity contribution in [2.75, 3.05) is 13.1 Å². The summed E-state index contributed by atoms with van der Waals surface area (Å²) in [5, 5.41) is 2.36. The van der Waals surface area contributed by atoms with Crippen molar-refractivity contribution in [3.05, 3.63) is 34.1 Å². The van der Waals surface area contributed by atoms with Crippen LogP contribution in [0.1, 0.15) is 12.5 Å². The lowest BCUT2D eigenvalue weighted by Crippen LogP contribution is -2.32. The van der Waals surface area contributed by atoms with Gasteiger partial charge in [-0.15, -0.1) is 0 Å². The van der Waals surface area contributed by atoms with Gasteiger partial charge < -0.3 is 5.32 Å². The Bertz CT molecular complexity index is 392. The number of nitrogens with one attached hydrogen (secondary N) is 1. The number of benzene rings is 1. The molecule has 0 amide bonds. The first-order chi connectivity index (χ1) is 8.28. The molecule has 1 rings (SSSR count). The second kappa shape index (κ2) is 6.52.